The Morgan fingerprint density at radius 1 is 1.28 bits per heavy atom. The zero-order chi connectivity index (χ0) is 28.8. The van der Waals surface area contributed by atoms with Crippen molar-refractivity contribution in [2.75, 3.05) is 26.9 Å². The fourth-order valence-electron chi connectivity index (χ4n) is 4.75. The molecule has 2 fully saturated rings. The van der Waals surface area contributed by atoms with Gasteiger partial charge in [0.15, 0.2) is 0 Å². The van der Waals surface area contributed by atoms with Crippen LogP contribution in [0.3, 0.4) is 0 Å². The van der Waals surface area contributed by atoms with Gasteiger partial charge in [0.05, 0.1) is 35.4 Å². The third-order valence-electron chi connectivity index (χ3n) is 6.82. The number of nitro groups is 1. The summed E-state index contributed by atoms with van der Waals surface area (Å²) in [4.78, 5) is 35.1. The van der Waals surface area contributed by atoms with E-state index in [1.165, 1.54) is 24.3 Å². The molecule has 1 aliphatic carbocycles. The number of hydrogen-bond acceptors (Lipinski definition) is 10. The standard InChI is InChI=1S/C27H38N2O10/c1-17(2)12-14-35-18(3)22-23(34-6)21(11-13-27(22)16-37-27)39-24(30)28-26(4,5)15-36-25(31)38-20-9-7-19(8-10-20)29(32)33/h7-10,12,18,21-23H,11,13-16H2,1-6H3,(H,28,30). The maximum Gasteiger partial charge on any atom is 0.513 e. The average molecular weight is 551 g/mol. The molecular weight excluding hydrogens is 512 g/mol. The minimum absolute atomic E-state index is 0.0877. The number of methoxy groups -OCH3 is 1. The first kappa shape index (κ1) is 30.3. The molecule has 1 amide bonds. The van der Waals surface area contributed by atoms with Crippen LogP contribution in [0.25, 0.3) is 0 Å². The zero-order valence-corrected chi connectivity index (χ0v) is 23.3. The predicted octanol–water partition coefficient (Wildman–Crippen LogP) is 4.55. The lowest BCUT2D eigenvalue weighted by atomic mass is 9.73. The van der Waals surface area contributed by atoms with Crippen molar-refractivity contribution in [1.82, 2.24) is 5.32 Å². The van der Waals surface area contributed by atoms with Gasteiger partial charge in [-0.15, -0.1) is 0 Å². The second-order valence-electron chi connectivity index (χ2n) is 10.8. The molecule has 12 nitrogen and oxygen atoms in total. The van der Waals surface area contributed by atoms with Crippen LogP contribution in [0.15, 0.2) is 35.9 Å². The first-order valence-corrected chi connectivity index (χ1v) is 12.9. The summed E-state index contributed by atoms with van der Waals surface area (Å²) >= 11 is 0. The number of nitrogens with zero attached hydrogens (tertiary/aromatic N) is 1. The summed E-state index contributed by atoms with van der Waals surface area (Å²) in [6.07, 6.45) is 0.470. The molecule has 12 heteroatoms. The lowest BCUT2D eigenvalue weighted by Crippen LogP contribution is -2.56. The zero-order valence-electron chi connectivity index (χ0n) is 23.3. The number of carbonyl (C=O) groups is 2. The van der Waals surface area contributed by atoms with Gasteiger partial charge in [0, 0.05) is 25.2 Å². The van der Waals surface area contributed by atoms with E-state index in [1.807, 2.05) is 26.8 Å². The van der Waals surface area contributed by atoms with Crippen molar-refractivity contribution in [3.8, 4) is 5.75 Å². The average Bonchev–Trinajstić information content (AvgIpc) is 3.63. The van der Waals surface area contributed by atoms with E-state index in [9.17, 15) is 19.7 Å². The Labute approximate surface area is 228 Å². The van der Waals surface area contributed by atoms with E-state index in [2.05, 4.69) is 5.32 Å². The predicted molar refractivity (Wildman–Crippen MR) is 140 cm³/mol. The summed E-state index contributed by atoms with van der Waals surface area (Å²) in [6, 6.07) is 4.99. The van der Waals surface area contributed by atoms with Crippen LogP contribution < -0.4 is 10.1 Å². The lowest BCUT2D eigenvalue weighted by Gasteiger charge is -2.43. The largest absolute Gasteiger partial charge is 0.513 e. The third-order valence-corrected chi connectivity index (χ3v) is 6.82. The summed E-state index contributed by atoms with van der Waals surface area (Å²) in [7, 11) is 1.59. The van der Waals surface area contributed by atoms with Crippen molar-refractivity contribution in [3.05, 3.63) is 46.0 Å². The van der Waals surface area contributed by atoms with E-state index in [-0.39, 0.29) is 35.7 Å². The molecule has 216 valence electrons. The SMILES string of the molecule is COC1C(OC(=O)NC(C)(C)COC(=O)Oc2ccc([N+](=O)[O-])cc2)CCC2(CO2)C1C(C)OCC=C(C)C. The molecule has 1 aromatic carbocycles. The molecule has 2 aliphatic rings. The van der Waals surface area contributed by atoms with E-state index >= 15 is 0 Å². The van der Waals surface area contributed by atoms with E-state index < -0.39 is 34.9 Å². The second kappa shape index (κ2) is 12.8. The number of rotatable bonds is 11. The Morgan fingerprint density at radius 2 is 1.95 bits per heavy atom. The quantitative estimate of drug-likeness (QED) is 0.104. The minimum atomic E-state index is -1.02. The number of non-ortho nitro benzene ring substituents is 1. The van der Waals surface area contributed by atoms with Gasteiger partial charge in [-0.25, -0.2) is 9.59 Å². The molecule has 1 spiro atoms. The van der Waals surface area contributed by atoms with Gasteiger partial charge in [0.1, 0.15) is 24.6 Å². The highest BCUT2D eigenvalue weighted by atomic mass is 16.7. The molecule has 0 radical (unpaired) electrons. The molecule has 1 saturated carbocycles. The summed E-state index contributed by atoms with van der Waals surface area (Å²) < 4.78 is 33.7. The van der Waals surface area contributed by atoms with Gasteiger partial charge in [-0.2, -0.15) is 0 Å². The highest BCUT2D eigenvalue weighted by Crippen LogP contribution is 2.49. The number of epoxide rings is 1. The maximum absolute atomic E-state index is 12.8. The fourth-order valence-corrected chi connectivity index (χ4v) is 4.75. The highest BCUT2D eigenvalue weighted by molar-refractivity contribution is 5.69. The first-order chi connectivity index (χ1) is 18.4. The summed E-state index contributed by atoms with van der Waals surface area (Å²) in [5, 5.41) is 13.5. The number of hydrogen-bond donors (Lipinski definition) is 1. The lowest BCUT2D eigenvalue weighted by molar-refractivity contribution is -0.384. The van der Waals surface area contributed by atoms with Crippen LogP contribution in [0, 0.1) is 16.0 Å². The monoisotopic (exact) mass is 550 g/mol. The van der Waals surface area contributed by atoms with Crippen molar-refractivity contribution in [1.29, 1.82) is 0 Å². The molecule has 1 aliphatic heterocycles. The first-order valence-electron chi connectivity index (χ1n) is 12.9. The van der Waals surface area contributed by atoms with Crippen molar-refractivity contribution in [3.63, 3.8) is 0 Å². The molecule has 0 aromatic heterocycles. The van der Waals surface area contributed by atoms with Crippen molar-refractivity contribution >= 4 is 17.9 Å². The van der Waals surface area contributed by atoms with Crippen LogP contribution in [0.2, 0.25) is 0 Å². The van der Waals surface area contributed by atoms with Gasteiger partial charge < -0.3 is 33.7 Å². The van der Waals surface area contributed by atoms with Gasteiger partial charge in [-0.1, -0.05) is 11.6 Å². The van der Waals surface area contributed by atoms with Gasteiger partial charge >= 0.3 is 12.2 Å². The van der Waals surface area contributed by atoms with E-state index in [0.29, 0.717) is 26.1 Å². The second-order valence-corrected chi connectivity index (χ2v) is 10.8. The van der Waals surface area contributed by atoms with Crippen LogP contribution >= 0.6 is 0 Å². The number of allylic oxidation sites excluding steroid dienone is 1. The number of carbonyl (C=O) groups excluding carboxylic acids is 2. The van der Waals surface area contributed by atoms with Gasteiger partial charge in [-0.05, 0) is 59.6 Å². The fraction of sp³-hybridized carbons (Fsp3) is 0.630. The Morgan fingerprint density at radius 3 is 2.51 bits per heavy atom. The van der Waals surface area contributed by atoms with Crippen LogP contribution in [0.1, 0.15) is 47.5 Å². The Hall–Kier alpha value is -3.22. The number of alkyl carbamates (subject to hydrolysis) is 1. The van der Waals surface area contributed by atoms with Gasteiger partial charge in [0.2, 0.25) is 0 Å². The van der Waals surface area contributed by atoms with Gasteiger partial charge in [0.25, 0.3) is 5.69 Å². The molecule has 5 atom stereocenters. The summed E-state index contributed by atoms with van der Waals surface area (Å²) in [5.41, 5.74) is -0.289. The van der Waals surface area contributed by atoms with Crippen LogP contribution in [-0.4, -0.2) is 73.6 Å². The van der Waals surface area contributed by atoms with Crippen molar-refractivity contribution < 1.29 is 42.9 Å². The smallest absolute Gasteiger partial charge is 0.443 e. The molecule has 1 heterocycles. The summed E-state index contributed by atoms with van der Waals surface area (Å²) in [5.74, 6) is -0.0325. The van der Waals surface area contributed by atoms with Crippen molar-refractivity contribution in [2.24, 2.45) is 5.92 Å². The van der Waals surface area contributed by atoms with Gasteiger partial charge in [-0.3, -0.25) is 10.1 Å². The van der Waals surface area contributed by atoms with Crippen LogP contribution in [-0.2, 0) is 23.7 Å². The minimum Gasteiger partial charge on any atom is -0.443 e. The van der Waals surface area contributed by atoms with E-state index in [1.54, 1.807) is 21.0 Å². The molecule has 3 rings (SSSR count). The molecular formula is C27H38N2O10. The number of nitro benzene ring substituents is 1. The molecule has 5 unspecified atom stereocenters. The van der Waals surface area contributed by atoms with E-state index in [0.717, 1.165) is 5.57 Å². The van der Waals surface area contributed by atoms with Crippen LogP contribution in [0.5, 0.6) is 5.75 Å². The topological polar surface area (TPSA) is 148 Å². The molecule has 39 heavy (non-hydrogen) atoms. The maximum atomic E-state index is 12.8. The number of nitrogens with one attached hydrogen (secondary N) is 1. The molecule has 1 N–H and O–H groups in total. The molecule has 1 aromatic rings. The number of ether oxygens (including phenoxy) is 6. The molecule has 0 bridgehead atoms. The normalized spacial score (nSPS) is 24.8. The van der Waals surface area contributed by atoms with E-state index in [4.69, 9.17) is 28.4 Å². The Bertz CT molecular complexity index is 1050. The molecule has 1 saturated heterocycles. The van der Waals surface area contributed by atoms with Crippen LogP contribution in [0.4, 0.5) is 15.3 Å². The third kappa shape index (κ3) is 8.38. The number of benzene rings is 1. The summed E-state index contributed by atoms with van der Waals surface area (Å²) in [6.45, 7) is 10.2. The van der Waals surface area contributed by atoms with Crippen molar-refractivity contribution in [2.45, 2.75) is 76.9 Å². The Balaban J connectivity index is 1.52. The highest BCUT2D eigenvalue weighted by Gasteiger charge is 2.61. The number of amides is 1. The Kier molecular flexibility index (Phi) is 9.92.